The van der Waals surface area contributed by atoms with E-state index in [-0.39, 0.29) is 18.6 Å². The van der Waals surface area contributed by atoms with E-state index in [0.717, 1.165) is 47.3 Å². The van der Waals surface area contributed by atoms with Gasteiger partial charge in [-0.1, -0.05) is 24.3 Å². The second kappa shape index (κ2) is 8.28. The fourth-order valence-corrected chi connectivity index (χ4v) is 4.27. The molecule has 0 radical (unpaired) electrons. The fraction of sp³-hybridized carbons (Fsp3) is 0.348. The number of aryl methyl sites for hydroxylation is 2. The van der Waals surface area contributed by atoms with Crippen LogP contribution in [0.5, 0.6) is 0 Å². The molecule has 0 fully saturated rings. The molecule has 2 N–H and O–H groups in total. The van der Waals surface area contributed by atoms with Gasteiger partial charge < -0.3 is 20.3 Å². The van der Waals surface area contributed by atoms with Crippen molar-refractivity contribution in [2.45, 2.75) is 32.3 Å². The topological polar surface area (TPSA) is 87.7 Å². The molecule has 2 aliphatic rings. The Bertz CT molecular complexity index is 1020. The first-order valence-corrected chi connectivity index (χ1v) is 10.1. The Labute approximate surface area is 175 Å². The van der Waals surface area contributed by atoms with Gasteiger partial charge in [-0.3, -0.25) is 14.4 Å². The maximum atomic E-state index is 12.4. The molecular weight excluding hydrogens is 382 g/mol. The molecule has 1 atom stereocenters. The van der Waals surface area contributed by atoms with Crippen molar-refractivity contribution >= 4 is 29.1 Å². The highest BCUT2D eigenvalue weighted by Crippen LogP contribution is 2.38. The first-order chi connectivity index (χ1) is 14.5. The van der Waals surface area contributed by atoms with Crippen LogP contribution in [0.15, 0.2) is 36.4 Å². The zero-order valence-electron chi connectivity index (χ0n) is 17.2. The van der Waals surface area contributed by atoms with Gasteiger partial charge in [-0.25, -0.2) is 0 Å². The SMILES string of the molecule is CO[C@@H](CNC(=O)C(=O)Nc1cc2c3c(c1)CC(=O)N3CCC2)c1ccccc1C. The number of methoxy groups -OCH3 is 1. The summed E-state index contributed by atoms with van der Waals surface area (Å²) >= 11 is 0. The van der Waals surface area contributed by atoms with Gasteiger partial charge in [-0.05, 0) is 54.2 Å². The van der Waals surface area contributed by atoms with Gasteiger partial charge in [0.2, 0.25) is 5.91 Å². The van der Waals surface area contributed by atoms with E-state index in [1.165, 1.54) is 0 Å². The van der Waals surface area contributed by atoms with Crippen LogP contribution < -0.4 is 15.5 Å². The molecule has 0 saturated carbocycles. The molecule has 0 unspecified atom stereocenters. The fourth-order valence-electron chi connectivity index (χ4n) is 4.27. The third-order valence-electron chi connectivity index (χ3n) is 5.74. The Kier molecular flexibility index (Phi) is 5.55. The zero-order chi connectivity index (χ0) is 21.3. The summed E-state index contributed by atoms with van der Waals surface area (Å²) < 4.78 is 5.49. The van der Waals surface area contributed by atoms with E-state index in [1.807, 2.05) is 42.2 Å². The quantitative estimate of drug-likeness (QED) is 0.745. The molecule has 4 rings (SSSR count). The van der Waals surface area contributed by atoms with Crippen molar-refractivity contribution in [2.24, 2.45) is 0 Å². The van der Waals surface area contributed by atoms with Crippen molar-refractivity contribution in [1.82, 2.24) is 5.32 Å². The number of anilines is 2. The highest BCUT2D eigenvalue weighted by atomic mass is 16.5. The van der Waals surface area contributed by atoms with E-state index >= 15 is 0 Å². The van der Waals surface area contributed by atoms with Crippen LogP contribution in [0.2, 0.25) is 0 Å². The maximum absolute atomic E-state index is 12.4. The zero-order valence-corrected chi connectivity index (χ0v) is 17.2. The summed E-state index contributed by atoms with van der Waals surface area (Å²) in [5, 5.41) is 5.32. The number of hydrogen-bond acceptors (Lipinski definition) is 4. The van der Waals surface area contributed by atoms with E-state index in [0.29, 0.717) is 12.1 Å². The predicted octanol–water partition coefficient (Wildman–Crippen LogP) is 2.27. The maximum Gasteiger partial charge on any atom is 0.313 e. The van der Waals surface area contributed by atoms with Gasteiger partial charge in [-0.2, -0.15) is 0 Å². The van der Waals surface area contributed by atoms with Crippen LogP contribution in [0, 0.1) is 6.92 Å². The minimum Gasteiger partial charge on any atom is -0.375 e. The van der Waals surface area contributed by atoms with E-state index in [2.05, 4.69) is 10.6 Å². The largest absolute Gasteiger partial charge is 0.375 e. The van der Waals surface area contributed by atoms with Gasteiger partial charge in [0, 0.05) is 25.9 Å². The van der Waals surface area contributed by atoms with Crippen LogP contribution in [-0.4, -0.2) is 37.9 Å². The third-order valence-corrected chi connectivity index (χ3v) is 5.74. The molecule has 7 nitrogen and oxygen atoms in total. The van der Waals surface area contributed by atoms with Gasteiger partial charge in [0.1, 0.15) is 0 Å². The van der Waals surface area contributed by atoms with E-state index < -0.39 is 11.8 Å². The van der Waals surface area contributed by atoms with Gasteiger partial charge in [0.05, 0.1) is 18.2 Å². The van der Waals surface area contributed by atoms with Crippen molar-refractivity contribution in [1.29, 1.82) is 0 Å². The summed E-state index contributed by atoms with van der Waals surface area (Å²) in [6.45, 7) is 2.91. The lowest BCUT2D eigenvalue weighted by molar-refractivity contribution is -0.136. The molecule has 0 aromatic heterocycles. The van der Waals surface area contributed by atoms with Crippen LogP contribution in [0.3, 0.4) is 0 Å². The van der Waals surface area contributed by atoms with Crippen LogP contribution in [0.4, 0.5) is 11.4 Å². The molecule has 0 saturated heterocycles. The summed E-state index contributed by atoms with van der Waals surface area (Å²) in [6.07, 6.45) is 1.75. The Balaban J connectivity index is 1.41. The number of nitrogens with one attached hydrogen (secondary N) is 2. The minimum absolute atomic E-state index is 0.0917. The average Bonchev–Trinajstić information content (AvgIpc) is 3.06. The van der Waals surface area contributed by atoms with Crippen LogP contribution in [0.25, 0.3) is 0 Å². The molecule has 0 aliphatic carbocycles. The first-order valence-electron chi connectivity index (χ1n) is 10.1. The van der Waals surface area contributed by atoms with Gasteiger partial charge >= 0.3 is 11.8 Å². The number of carbonyl (C=O) groups is 3. The second-order valence-electron chi connectivity index (χ2n) is 7.71. The number of rotatable bonds is 5. The van der Waals surface area contributed by atoms with Crippen molar-refractivity contribution < 1.29 is 19.1 Å². The lowest BCUT2D eigenvalue weighted by Crippen LogP contribution is -2.38. The molecule has 156 valence electrons. The predicted molar refractivity (Wildman–Crippen MR) is 113 cm³/mol. The van der Waals surface area contributed by atoms with Gasteiger partial charge in [0.25, 0.3) is 0 Å². The lowest BCUT2D eigenvalue weighted by Gasteiger charge is -2.26. The summed E-state index contributed by atoms with van der Waals surface area (Å²) in [5.41, 5.74) is 5.50. The minimum atomic E-state index is -0.737. The van der Waals surface area contributed by atoms with Crippen LogP contribution in [-0.2, 0) is 32.0 Å². The van der Waals surface area contributed by atoms with E-state index in [4.69, 9.17) is 4.74 Å². The first kappa shape index (κ1) is 20.1. The third kappa shape index (κ3) is 3.80. The number of hydrogen-bond donors (Lipinski definition) is 2. The molecule has 30 heavy (non-hydrogen) atoms. The van der Waals surface area contributed by atoms with Crippen LogP contribution in [0.1, 0.15) is 34.8 Å². The molecule has 7 heteroatoms. The average molecular weight is 407 g/mol. The molecule has 0 spiro atoms. The van der Waals surface area contributed by atoms with E-state index in [1.54, 1.807) is 13.2 Å². The van der Waals surface area contributed by atoms with Crippen LogP contribution >= 0.6 is 0 Å². The molecule has 2 aromatic carbocycles. The molecular formula is C23H25N3O4. The number of ether oxygens (including phenoxy) is 1. The summed E-state index contributed by atoms with van der Waals surface area (Å²) in [6, 6.07) is 11.4. The second-order valence-corrected chi connectivity index (χ2v) is 7.71. The Morgan fingerprint density at radius 3 is 2.70 bits per heavy atom. The smallest absolute Gasteiger partial charge is 0.313 e. The normalized spacial score (nSPS) is 15.5. The monoisotopic (exact) mass is 407 g/mol. The van der Waals surface area contributed by atoms with Gasteiger partial charge in [0.15, 0.2) is 0 Å². The molecule has 2 heterocycles. The van der Waals surface area contributed by atoms with E-state index in [9.17, 15) is 14.4 Å². The van der Waals surface area contributed by atoms with Gasteiger partial charge in [-0.15, -0.1) is 0 Å². The van der Waals surface area contributed by atoms with Crippen molar-refractivity contribution in [3.8, 4) is 0 Å². The summed E-state index contributed by atoms with van der Waals surface area (Å²) in [5.74, 6) is -1.37. The highest BCUT2D eigenvalue weighted by Gasteiger charge is 2.32. The number of carbonyl (C=O) groups excluding carboxylic acids is 3. The highest BCUT2D eigenvalue weighted by molar-refractivity contribution is 6.39. The standard InChI is InChI=1S/C23H25N3O4/c1-14-6-3-4-8-18(14)19(30-2)13-24-22(28)23(29)25-17-10-15-7-5-9-26-20(27)12-16(11-17)21(15)26/h3-4,6,8,10-11,19H,5,7,9,12-13H2,1-2H3,(H,24,28)(H,25,29)/t19-/m0/s1. The Morgan fingerprint density at radius 2 is 1.93 bits per heavy atom. The summed E-state index contributed by atoms with van der Waals surface area (Å²) in [4.78, 5) is 38.8. The molecule has 2 aromatic rings. The number of amides is 3. The number of nitrogens with zero attached hydrogens (tertiary/aromatic N) is 1. The Morgan fingerprint density at radius 1 is 1.17 bits per heavy atom. The molecule has 3 amide bonds. The van der Waals surface area contributed by atoms with Crippen molar-refractivity contribution in [3.63, 3.8) is 0 Å². The lowest BCUT2D eigenvalue weighted by atomic mass is 9.99. The molecule has 0 bridgehead atoms. The molecule has 2 aliphatic heterocycles. The van der Waals surface area contributed by atoms with Crippen molar-refractivity contribution in [3.05, 3.63) is 58.7 Å². The Hall–Kier alpha value is -3.19. The number of benzene rings is 2. The summed E-state index contributed by atoms with van der Waals surface area (Å²) in [7, 11) is 1.57. The van der Waals surface area contributed by atoms with Crippen molar-refractivity contribution in [2.75, 3.05) is 30.4 Å².